The lowest BCUT2D eigenvalue weighted by Gasteiger charge is -2.22. The fourth-order valence-electron chi connectivity index (χ4n) is 3.34. The number of ether oxygens (including phenoxy) is 2. The summed E-state index contributed by atoms with van der Waals surface area (Å²) in [6.07, 6.45) is 0.911. The van der Waals surface area contributed by atoms with Gasteiger partial charge < -0.3 is 24.9 Å². The molecule has 8 nitrogen and oxygen atoms in total. The summed E-state index contributed by atoms with van der Waals surface area (Å²) in [5.74, 6) is 0.712. The van der Waals surface area contributed by atoms with Crippen molar-refractivity contribution in [3.8, 4) is 11.5 Å². The predicted octanol–water partition coefficient (Wildman–Crippen LogP) is 2.59. The van der Waals surface area contributed by atoms with E-state index in [1.807, 2.05) is 38.4 Å². The normalized spacial score (nSPS) is 12.1. The number of methoxy groups -OCH3 is 2. The Kier molecular flexibility index (Phi) is 7.83. The maximum atomic E-state index is 12.1. The first-order chi connectivity index (χ1) is 13.5. The van der Waals surface area contributed by atoms with Crippen molar-refractivity contribution in [3.63, 3.8) is 0 Å². The van der Waals surface area contributed by atoms with E-state index in [-0.39, 0.29) is 23.8 Å². The second kappa shape index (κ2) is 9.91. The van der Waals surface area contributed by atoms with Gasteiger partial charge >= 0.3 is 0 Å². The fraction of sp³-hybridized carbons (Fsp3) is 0.350. The van der Waals surface area contributed by atoms with Crippen molar-refractivity contribution in [2.24, 2.45) is 0 Å². The van der Waals surface area contributed by atoms with Crippen LogP contribution in [0.25, 0.3) is 21.8 Å². The summed E-state index contributed by atoms with van der Waals surface area (Å²) in [7, 11) is 7.03. The van der Waals surface area contributed by atoms with Crippen LogP contribution in [0.5, 0.6) is 11.5 Å². The molecule has 9 heteroatoms. The molecule has 29 heavy (non-hydrogen) atoms. The van der Waals surface area contributed by atoms with Crippen molar-refractivity contribution in [1.82, 2.24) is 9.88 Å². The lowest BCUT2D eigenvalue weighted by atomic mass is 10.0. The average Bonchev–Trinajstić information content (AvgIpc) is 2.68. The fourth-order valence-corrected chi connectivity index (χ4v) is 3.34. The Labute approximate surface area is 176 Å². The quantitative estimate of drug-likeness (QED) is 0.292. The van der Waals surface area contributed by atoms with Crippen LogP contribution in [-0.4, -0.2) is 56.5 Å². The van der Waals surface area contributed by atoms with E-state index < -0.39 is 5.23 Å². The van der Waals surface area contributed by atoms with Gasteiger partial charge in [-0.25, -0.2) is 10.2 Å². The first-order valence-corrected chi connectivity index (χ1v) is 9.07. The number of halogens is 1. The van der Waals surface area contributed by atoms with E-state index in [4.69, 9.17) is 14.5 Å². The van der Waals surface area contributed by atoms with Crippen molar-refractivity contribution in [2.45, 2.75) is 6.42 Å². The second-order valence-electron chi connectivity index (χ2n) is 6.77. The highest BCUT2D eigenvalue weighted by Crippen LogP contribution is 2.43. The van der Waals surface area contributed by atoms with E-state index in [0.717, 1.165) is 29.6 Å². The lowest BCUT2D eigenvalue weighted by molar-refractivity contribution is -0.990. The molecule has 158 valence electrons. The number of quaternary nitrogens is 1. The minimum atomic E-state index is -1.07. The molecular formula is C20H27ClN4O4. The molecule has 1 atom stereocenters. The van der Waals surface area contributed by atoms with Crippen LogP contribution in [0, 0.1) is 5.21 Å². The molecular weight excluding hydrogens is 396 g/mol. The molecule has 0 fully saturated rings. The minimum Gasteiger partial charge on any atom is -0.595 e. The van der Waals surface area contributed by atoms with Gasteiger partial charge in [-0.3, -0.25) is 0 Å². The average molecular weight is 423 g/mol. The number of hydrogen-bond donors (Lipinski definition) is 3. The smallest absolute Gasteiger partial charge is 0.218 e. The molecule has 0 saturated carbocycles. The number of nitrogens with one attached hydrogen (secondary N) is 2. The Balaban J connectivity index is 0.00000300. The topological polar surface area (TPSA) is 94.4 Å². The highest BCUT2D eigenvalue weighted by molar-refractivity contribution is 6.13. The maximum absolute atomic E-state index is 12.1. The van der Waals surface area contributed by atoms with Gasteiger partial charge in [0.2, 0.25) is 5.69 Å². The summed E-state index contributed by atoms with van der Waals surface area (Å²) in [5, 5.41) is 25.8. The van der Waals surface area contributed by atoms with E-state index in [1.54, 1.807) is 6.07 Å². The summed E-state index contributed by atoms with van der Waals surface area (Å²) in [6, 6.07) is 9.24. The molecule has 3 aromatic rings. The van der Waals surface area contributed by atoms with Crippen LogP contribution in [0.4, 0.5) is 11.4 Å². The first-order valence-electron chi connectivity index (χ1n) is 9.07. The van der Waals surface area contributed by atoms with Crippen LogP contribution < -0.4 is 20.0 Å². The number of nitrogens with zero attached hydrogens (tertiary/aromatic N) is 2. The zero-order valence-electron chi connectivity index (χ0n) is 17.0. The number of aromatic nitrogens is 1. The van der Waals surface area contributed by atoms with Crippen molar-refractivity contribution in [2.75, 3.05) is 46.7 Å². The van der Waals surface area contributed by atoms with Gasteiger partial charge in [0.1, 0.15) is 11.3 Å². The van der Waals surface area contributed by atoms with E-state index in [9.17, 15) is 10.4 Å². The van der Waals surface area contributed by atoms with Gasteiger partial charge in [-0.15, -0.1) is 12.4 Å². The predicted molar refractivity (Wildman–Crippen MR) is 117 cm³/mol. The third-order valence-corrected chi connectivity index (χ3v) is 4.62. The van der Waals surface area contributed by atoms with Crippen LogP contribution in [0.3, 0.4) is 0 Å². The van der Waals surface area contributed by atoms with Gasteiger partial charge in [-0.05, 0) is 33.1 Å². The highest BCUT2D eigenvalue weighted by Gasteiger charge is 2.24. The molecule has 0 amide bonds. The van der Waals surface area contributed by atoms with Crippen molar-refractivity contribution < 1.29 is 19.9 Å². The third-order valence-electron chi connectivity index (χ3n) is 4.62. The van der Waals surface area contributed by atoms with E-state index in [0.29, 0.717) is 23.2 Å². The number of hydrogen-bond acceptors (Lipinski definition) is 7. The Morgan fingerprint density at radius 3 is 2.48 bits per heavy atom. The molecule has 3 rings (SSSR count). The summed E-state index contributed by atoms with van der Waals surface area (Å²) < 4.78 is 10.9. The molecule has 2 aromatic carbocycles. The van der Waals surface area contributed by atoms with Gasteiger partial charge in [0.05, 0.1) is 30.8 Å². The molecule has 1 unspecified atom stereocenters. The number of fused-ring (bicyclic) bond motifs is 2. The molecule has 0 aliphatic rings. The lowest BCUT2D eigenvalue weighted by Crippen LogP contribution is -2.99. The van der Waals surface area contributed by atoms with Gasteiger partial charge in [-0.2, -0.15) is 5.23 Å². The maximum Gasteiger partial charge on any atom is 0.218 e. The number of para-hydroxylation sites is 1. The van der Waals surface area contributed by atoms with Crippen molar-refractivity contribution in [3.05, 3.63) is 35.5 Å². The second-order valence-corrected chi connectivity index (χ2v) is 6.77. The molecule has 0 spiro atoms. The van der Waals surface area contributed by atoms with Crippen LogP contribution in [0.15, 0.2) is 30.3 Å². The third kappa shape index (κ3) is 4.63. The molecule has 0 bridgehead atoms. The standard InChI is InChI=1S/C20H26N4O4.ClH/c1-23(2)11-7-10-21-18-13-8-5-6-9-14(13)22-19-15(27-3)12-16(28-4)20(17(18)19)24(25)26;/h5-6,8-9,12,24-25H,7,10-11H2,1-4H3,(H,21,22);1H. The summed E-state index contributed by atoms with van der Waals surface area (Å²) in [5.41, 5.74) is 2.07. The van der Waals surface area contributed by atoms with Crippen molar-refractivity contribution in [1.29, 1.82) is 0 Å². The molecule has 1 aromatic heterocycles. The van der Waals surface area contributed by atoms with Gasteiger partial charge in [0.25, 0.3) is 0 Å². The van der Waals surface area contributed by atoms with Gasteiger partial charge in [-0.1, -0.05) is 18.2 Å². The van der Waals surface area contributed by atoms with Gasteiger partial charge in [0.15, 0.2) is 5.75 Å². The zero-order chi connectivity index (χ0) is 20.3. The number of benzene rings is 2. The minimum absolute atomic E-state index is 0. The van der Waals surface area contributed by atoms with Crippen LogP contribution >= 0.6 is 12.4 Å². The summed E-state index contributed by atoms with van der Waals surface area (Å²) in [4.78, 5) is 6.80. The van der Waals surface area contributed by atoms with E-state index >= 15 is 0 Å². The summed E-state index contributed by atoms with van der Waals surface area (Å²) in [6.45, 7) is 1.62. The molecule has 3 N–H and O–H groups in total. The zero-order valence-corrected chi connectivity index (χ0v) is 17.8. The monoisotopic (exact) mass is 422 g/mol. The Morgan fingerprint density at radius 2 is 1.86 bits per heavy atom. The van der Waals surface area contributed by atoms with Gasteiger partial charge in [0, 0.05) is 18.0 Å². The Bertz CT molecular complexity index is 982. The van der Waals surface area contributed by atoms with E-state index in [2.05, 4.69) is 10.2 Å². The molecule has 0 radical (unpaired) electrons. The largest absolute Gasteiger partial charge is 0.595 e. The number of rotatable bonds is 8. The van der Waals surface area contributed by atoms with Crippen LogP contribution in [0.2, 0.25) is 0 Å². The molecule has 0 aliphatic heterocycles. The van der Waals surface area contributed by atoms with Crippen LogP contribution in [-0.2, 0) is 0 Å². The molecule has 0 saturated heterocycles. The van der Waals surface area contributed by atoms with E-state index in [1.165, 1.54) is 14.2 Å². The Morgan fingerprint density at radius 1 is 1.17 bits per heavy atom. The highest BCUT2D eigenvalue weighted by atomic mass is 35.5. The number of pyridine rings is 1. The first kappa shape index (κ1) is 22.9. The van der Waals surface area contributed by atoms with Crippen LogP contribution in [0.1, 0.15) is 6.42 Å². The molecule has 0 aliphatic carbocycles. The molecule has 1 heterocycles. The number of anilines is 1. The Hall–Kier alpha value is -2.36. The summed E-state index contributed by atoms with van der Waals surface area (Å²) >= 11 is 0. The SMILES string of the molecule is COc1cc(OC)c2nc3ccccc3c(NCCCN(C)C)c2c1[NH+]([O-])O.Cl. The van der Waals surface area contributed by atoms with Crippen molar-refractivity contribution >= 4 is 45.6 Å².